The lowest BCUT2D eigenvalue weighted by Crippen LogP contribution is -2.51. The van der Waals surface area contributed by atoms with E-state index in [9.17, 15) is 28.3 Å². The van der Waals surface area contributed by atoms with Crippen LogP contribution in [0.15, 0.2) is 29.2 Å². The van der Waals surface area contributed by atoms with Crippen molar-refractivity contribution < 1.29 is 23.5 Å². The highest BCUT2D eigenvalue weighted by atomic mass is 19.1. The molecule has 0 unspecified atom stereocenters. The van der Waals surface area contributed by atoms with Crippen molar-refractivity contribution in [2.75, 3.05) is 19.6 Å². The van der Waals surface area contributed by atoms with Crippen molar-refractivity contribution in [3.05, 3.63) is 63.1 Å². The van der Waals surface area contributed by atoms with Crippen LogP contribution < -0.4 is 10.7 Å². The third kappa shape index (κ3) is 3.68. The molecule has 3 aliphatic rings. The summed E-state index contributed by atoms with van der Waals surface area (Å²) in [7, 11) is 0. The van der Waals surface area contributed by atoms with Gasteiger partial charge in [0.2, 0.25) is 5.43 Å². The molecule has 174 valence electrons. The summed E-state index contributed by atoms with van der Waals surface area (Å²) in [4.78, 5) is 42.5. The number of rotatable bonds is 4. The first-order valence-electron chi connectivity index (χ1n) is 11.1. The normalized spacial score (nSPS) is 22.0. The number of fused-ring (bicyclic) bond motifs is 4. The quantitative estimate of drug-likeness (QED) is 0.724. The minimum absolute atomic E-state index is 0.00807. The van der Waals surface area contributed by atoms with Crippen molar-refractivity contribution in [3.8, 4) is 5.75 Å². The summed E-state index contributed by atoms with van der Waals surface area (Å²) < 4.78 is 28.3. The number of amides is 2. The number of halogens is 2. The van der Waals surface area contributed by atoms with Gasteiger partial charge < -0.3 is 19.9 Å². The number of aromatic nitrogens is 1. The molecule has 2 saturated heterocycles. The lowest BCUT2D eigenvalue weighted by molar-refractivity contribution is 0.0451. The number of nitrogens with zero attached hydrogens (tertiary/aromatic N) is 3. The van der Waals surface area contributed by atoms with Crippen LogP contribution in [0.25, 0.3) is 0 Å². The third-order valence-corrected chi connectivity index (χ3v) is 6.84. The van der Waals surface area contributed by atoms with E-state index in [1.807, 2.05) is 0 Å². The summed E-state index contributed by atoms with van der Waals surface area (Å²) in [6.07, 6.45) is 4.41. The van der Waals surface area contributed by atoms with Gasteiger partial charge in [-0.3, -0.25) is 19.3 Å². The first-order valence-corrected chi connectivity index (χ1v) is 11.1. The Labute approximate surface area is 188 Å². The van der Waals surface area contributed by atoms with Crippen molar-refractivity contribution in [2.45, 2.75) is 44.4 Å². The van der Waals surface area contributed by atoms with Gasteiger partial charge in [-0.15, -0.1) is 0 Å². The second kappa shape index (κ2) is 8.26. The molecule has 3 aliphatic heterocycles. The third-order valence-electron chi connectivity index (χ3n) is 6.84. The minimum atomic E-state index is -0.921. The van der Waals surface area contributed by atoms with Gasteiger partial charge in [-0.25, -0.2) is 8.78 Å². The Kier molecular flexibility index (Phi) is 5.40. The number of nitrogens with one attached hydrogen (secondary N) is 1. The fourth-order valence-electron chi connectivity index (χ4n) is 5.18. The zero-order valence-corrected chi connectivity index (χ0v) is 17.9. The Morgan fingerprint density at radius 2 is 2.00 bits per heavy atom. The molecule has 0 saturated carbocycles. The number of carbonyl (C=O) groups excluding carboxylic acids is 2. The monoisotopic (exact) mass is 458 g/mol. The maximum atomic E-state index is 13.8. The van der Waals surface area contributed by atoms with Crippen LogP contribution in [0, 0.1) is 11.6 Å². The average molecular weight is 458 g/mol. The van der Waals surface area contributed by atoms with E-state index in [2.05, 4.69) is 10.2 Å². The highest BCUT2D eigenvalue weighted by Crippen LogP contribution is 2.34. The molecule has 2 aromatic rings. The van der Waals surface area contributed by atoms with Gasteiger partial charge in [0.1, 0.15) is 23.4 Å². The van der Waals surface area contributed by atoms with Crippen LogP contribution in [0.2, 0.25) is 0 Å². The summed E-state index contributed by atoms with van der Waals surface area (Å²) in [5.41, 5.74) is -1.08. The van der Waals surface area contributed by atoms with E-state index >= 15 is 0 Å². The van der Waals surface area contributed by atoms with Gasteiger partial charge in [0, 0.05) is 37.9 Å². The van der Waals surface area contributed by atoms with Crippen molar-refractivity contribution in [3.63, 3.8) is 0 Å². The van der Waals surface area contributed by atoms with E-state index in [4.69, 9.17) is 0 Å². The van der Waals surface area contributed by atoms with Gasteiger partial charge in [-0.1, -0.05) is 12.5 Å². The summed E-state index contributed by atoms with van der Waals surface area (Å²) in [5.74, 6) is -3.28. The Hall–Kier alpha value is -3.27. The molecular formula is C23H24F2N4O4. The zero-order chi connectivity index (χ0) is 23.3. The van der Waals surface area contributed by atoms with Crippen molar-refractivity contribution in [1.82, 2.24) is 19.7 Å². The second-order valence-electron chi connectivity index (χ2n) is 8.79. The van der Waals surface area contributed by atoms with Crippen LogP contribution in [0.3, 0.4) is 0 Å². The summed E-state index contributed by atoms with van der Waals surface area (Å²) in [5, 5.41) is 13.1. The lowest BCUT2D eigenvalue weighted by atomic mass is 10.0. The molecule has 5 rings (SSSR count). The number of benzene rings is 1. The van der Waals surface area contributed by atoms with E-state index in [1.165, 1.54) is 16.8 Å². The molecule has 1 aromatic carbocycles. The van der Waals surface area contributed by atoms with Crippen LogP contribution >= 0.6 is 0 Å². The zero-order valence-electron chi connectivity index (χ0n) is 17.9. The Morgan fingerprint density at radius 3 is 2.79 bits per heavy atom. The van der Waals surface area contributed by atoms with Gasteiger partial charge in [-0.05, 0) is 30.9 Å². The fraction of sp³-hybridized carbons (Fsp3) is 0.435. The smallest absolute Gasteiger partial charge is 0.275 e. The molecule has 0 radical (unpaired) electrons. The number of pyridine rings is 1. The lowest BCUT2D eigenvalue weighted by Gasteiger charge is -2.38. The van der Waals surface area contributed by atoms with Gasteiger partial charge in [-0.2, -0.15) is 0 Å². The molecule has 2 N–H and O–H groups in total. The summed E-state index contributed by atoms with van der Waals surface area (Å²) >= 11 is 0. The minimum Gasteiger partial charge on any atom is -0.503 e. The molecule has 0 aliphatic carbocycles. The van der Waals surface area contributed by atoms with Crippen molar-refractivity contribution in [2.24, 2.45) is 0 Å². The standard InChI is InChI=1S/C23H24F2N4O4/c24-14-5-4-13(17(25)9-14)6-7-26-22(32)16-11-27-12-18-28-8-2-1-3-15(28)10-29(18)23(33)19(27)21(31)20(16)30/h4-5,9,11,15,18,31H,1-3,6-8,10,12H2,(H,26,32)/t15-,18-/m0/s1. The van der Waals surface area contributed by atoms with E-state index in [0.717, 1.165) is 37.9 Å². The maximum absolute atomic E-state index is 13.8. The average Bonchev–Trinajstić information content (AvgIpc) is 3.16. The number of aromatic hydroxyl groups is 1. The van der Waals surface area contributed by atoms with E-state index in [-0.39, 0.29) is 42.0 Å². The van der Waals surface area contributed by atoms with E-state index < -0.39 is 34.6 Å². The van der Waals surface area contributed by atoms with Gasteiger partial charge in [0.05, 0.1) is 6.54 Å². The highest BCUT2D eigenvalue weighted by Gasteiger charge is 2.47. The first kappa shape index (κ1) is 21.6. The fourth-order valence-corrected chi connectivity index (χ4v) is 5.18. The van der Waals surface area contributed by atoms with Crippen LogP contribution in [0.4, 0.5) is 8.78 Å². The molecule has 2 amide bonds. The predicted octanol–water partition coefficient (Wildman–Crippen LogP) is 1.45. The molecule has 0 bridgehead atoms. The molecule has 8 nitrogen and oxygen atoms in total. The van der Waals surface area contributed by atoms with Gasteiger partial charge in [0.25, 0.3) is 11.8 Å². The second-order valence-corrected chi connectivity index (χ2v) is 8.79. The molecule has 2 fully saturated rings. The van der Waals surface area contributed by atoms with Crippen LogP contribution in [0.1, 0.15) is 45.7 Å². The first-order chi connectivity index (χ1) is 15.8. The highest BCUT2D eigenvalue weighted by molar-refractivity contribution is 5.99. The number of hydrogen-bond donors (Lipinski definition) is 2. The molecular weight excluding hydrogens is 434 g/mol. The molecule has 0 spiro atoms. The Bertz CT molecular complexity index is 1200. The summed E-state index contributed by atoms with van der Waals surface area (Å²) in [6.45, 7) is 1.81. The largest absolute Gasteiger partial charge is 0.503 e. The Balaban J connectivity index is 1.36. The molecule has 33 heavy (non-hydrogen) atoms. The predicted molar refractivity (Wildman–Crippen MR) is 114 cm³/mol. The van der Waals surface area contributed by atoms with Crippen LogP contribution in [-0.4, -0.2) is 63.1 Å². The molecule has 4 heterocycles. The molecule has 1 aromatic heterocycles. The van der Waals surface area contributed by atoms with Crippen molar-refractivity contribution in [1.29, 1.82) is 0 Å². The molecule has 2 atom stereocenters. The van der Waals surface area contributed by atoms with E-state index in [1.54, 1.807) is 4.90 Å². The van der Waals surface area contributed by atoms with E-state index in [0.29, 0.717) is 13.1 Å². The van der Waals surface area contributed by atoms with Gasteiger partial charge >= 0.3 is 0 Å². The van der Waals surface area contributed by atoms with Crippen molar-refractivity contribution >= 4 is 11.8 Å². The Morgan fingerprint density at radius 1 is 1.18 bits per heavy atom. The number of piperidine rings is 1. The molecule has 10 heteroatoms. The SMILES string of the molecule is O=C(NCCc1ccc(F)cc1F)c1cn2c(c(O)c1=O)C(=O)N1C[C@@H]3CCCCN3[C@@H]1C2. The topological polar surface area (TPSA) is 94.9 Å². The number of carbonyl (C=O) groups is 2. The number of hydrogen-bond acceptors (Lipinski definition) is 5. The van der Waals surface area contributed by atoms with Gasteiger partial charge in [0.15, 0.2) is 11.4 Å². The van der Waals surface area contributed by atoms with Crippen LogP contribution in [-0.2, 0) is 13.0 Å². The maximum Gasteiger partial charge on any atom is 0.275 e. The summed E-state index contributed by atoms with van der Waals surface area (Å²) in [6, 6.07) is 3.46. The van der Waals surface area contributed by atoms with Crippen LogP contribution in [0.5, 0.6) is 5.75 Å².